The van der Waals surface area contributed by atoms with Crippen molar-refractivity contribution in [3.05, 3.63) is 29.3 Å². The second kappa shape index (κ2) is 4.30. The lowest BCUT2D eigenvalue weighted by molar-refractivity contribution is 0.0944. The molecule has 0 unspecified atom stereocenters. The van der Waals surface area contributed by atoms with Gasteiger partial charge in [0, 0.05) is 24.3 Å². The highest BCUT2D eigenvalue weighted by molar-refractivity contribution is 5.95. The molecule has 0 spiro atoms. The Bertz CT molecular complexity index is 477. The zero-order chi connectivity index (χ0) is 12.6. The second-order valence-corrected chi connectivity index (χ2v) is 5.58. The Morgan fingerprint density at radius 1 is 1.44 bits per heavy atom. The Labute approximate surface area is 108 Å². The minimum atomic E-state index is 0.0613. The first-order chi connectivity index (χ1) is 8.72. The third-order valence-electron chi connectivity index (χ3n) is 4.41. The van der Waals surface area contributed by atoms with Crippen molar-refractivity contribution in [2.24, 2.45) is 5.41 Å². The molecule has 1 fully saturated rings. The molecule has 96 valence electrons. The van der Waals surface area contributed by atoms with Crippen molar-refractivity contribution in [3.8, 4) is 0 Å². The van der Waals surface area contributed by atoms with E-state index in [-0.39, 0.29) is 5.91 Å². The number of anilines is 1. The molecule has 1 aromatic carbocycles. The number of amides is 1. The quantitative estimate of drug-likeness (QED) is 0.854. The Morgan fingerprint density at radius 2 is 2.28 bits per heavy atom. The Hall–Kier alpha value is -1.51. The molecule has 0 aromatic heterocycles. The van der Waals surface area contributed by atoms with E-state index in [2.05, 4.69) is 23.6 Å². The Kier molecular flexibility index (Phi) is 2.77. The molecule has 1 amide bonds. The van der Waals surface area contributed by atoms with Gasteiger partial charge in [-0.1, -0.05) is 13.0 Å². The number of nitrogens with one attached hydrogen (secondary N) is 2. The molecule has 2 aliphatic rings. The number of carbonyl (C=O) groups excluding carboxylic acids is 1. The summed E-state index contributed by atoms with van der Waals surface area (Å²) in [6, 6.07) is 5.98. The fraction of sp³-hybridized carbons (Fsp3) is 0.533. The van der Waals surface area contributed by atoms with Gasteiger partial charge in [-0.25, -0.2) is 0 Å². The molecule has 0 bridgehead atoms. The maximum Gasteiger partial charge on any atom is 0.251 e. The molecule has 0 saturated heterocycles. The Morgan fingerprint density at radius 3 is 3.00 bits per heavy atom. The van der Waals surface area contributed by atoms with Crippen LogP contribution in [0.15, 0.2) is 18.2 Å². The average molecular weight is 244 g/mol. The number of hydrogen-bond acceptors (Lipinski definition) is 2. The lowest BCUT2D eigenvalue weighted by atomic mass is 10.0. The summed E-state index contributed by atoms with van der Waals surface area (Å²) in [7, 11) is 0. The highest BCUT2D eigenvalue weighted by Gasteiger charge is 2.40. The smallest absolute Gasteiger partial charge is 0.251 e. The third kappa shape index (κ3) is 2.09. The van der Waals surface area contributed by atoms with Gasteiger partial charge in [-0.2, -0.15) is 0 Å². The molecule has 0 atom stereocenters. The van der Waals surface area contributed by atoms with E-state index in [9.17, 15) is 4.79 Å². The standard InChI is InChI=1S/C15H20N2O/c1-2-15(6-7-15)10-17-14(18)12-4-3-11-5-8-16-13(11)9-12/h3-4,9,16H,2,5-8,10H2,1H3,(H,17,18). The molecule has 1 aliphatic carbocycles. The van der Waals surface area contributed by atoms with E-state index in [1.807, 2.05) is 12.1 Å². The molecule has 2 N–H and O–H groups in total. The minimum Gasteiger partial charge on any atom is -0.384 e. The number of carbonyl (C=O) groups is 1. The van der Waals surface area contributed by atoms with Crippen LogP contribution in [-0.4, -0.2) is 19.0 Å². The van der Waals surface area contributed by atoms with Crippen molar-refractivity contribution in [1.82, 2.24) is 5.32 Å². The molecule has 1 aromatic rings. The van der Waals surface area contributed by atoms with Crippen LogP contribution >= 0.6 is 0 Å². The number of fused-ring (bicyclic) bond motifs is 1. The van der Waals surface area contributed by atoms with Gasteiger partial charge in [-0.3, -0.25) is 4.79 Å². The van der Waals surface area contributed by atoms with Crippen molar-refractivity contribution >= 4 is 11.6 Å². The number of hydrogen-bond donors (Lipinski definition) is 2. The van der Waals surface area contributed by atoms with Crippen molar-refractivity contribution in [1.29, 1.82) is 0 Å². The maximum atomic E-state index is 12.1. The Balaban J connectivity index is 1.65. The van der Waals surface area contributed by atoms with Crippen LogP contribution in [-0.2, 0) is 6.42 Å². The van der Waals surface area contributed by atoms with E-state index < -0.39 is 0 Å². The SMILES string of the molecule is CCC1(CNC(=O)c2ccc3c(c2)NCC3)CC1. The lowest BCUT2D eigenvalue weighted by Crippen LogP contribution is -2.29. The second-order valence-electron chi connectivity index (χ2n) is 5.58. The van der Waals surface area contributed by atoms with Gasteiger partial charge in [0.25, 0.3) is 5.91 Å². The van der Waals surface area contributed by atoms with Crippen LogP contribution in [0.1, 0.15) is 42.1 Å². The van der Waals surface area contributed by atoms with Gasteiger partial charge < -0.3 is 10.6 Å². The molecular weight excluding hydrogens is 224 g/mol. The maximum absolute atomic E-state index is 12.1. The molecular formula is C15H20N2O. The largest absolute Gasteiger partial charge is 0.384 e. The average Bonchev–Trinajstić information content (AvgIpc) is 3.04. The minimum absolute atomic E-state index is 0.0613. The first kappa shape index (κ1) is 11.6. The van der Waals surface area contributed by atoms with Gasteiger partial charge in [0.1, 0.15) is 0 Å². The van der Waals surface area contributed by atoms with Crippen LogP contribution in [0.5, 0.6) is 0 Å². The summed E-state index contributed by atoms with van der Waals surface area (Å²) in [5.41, 5.74) is 3.62. The van der Waals surface area contributed by atoms with E-state index in [1.165, 1.54) is 24.8 Å². The van der Waals surface area contributed by atoms with Gasteiger partial charge in [0.2, 0.25) is 0 Å². The highest BCUT2D eigenvalue weighted by Crippen LogP contribution is 2.47. The van der Waals surface area contributed by atoms with Gasteiger partial charge in [0.05, 0.1) is 0 Å². The van der Waals surface area contributed by atoms with E-state index in [4.69, 9.17) is 0 Å². The summed E-state index contributed by atoms with van der Waals surface area (Å²) < 4.78 is 0. The van der Waals surface area contributed by atoms with Gasteiger partial charge >= 0.3 is 0 Å². The van der Waals surface area contributed by atoms with Crippen LogP contribution in [0.2, 0.25) is 0 Å². The zero-order valence-electron chi connectivity index (χ0n) is 10.9. The van der Waals surface area contributed by atoms with Gasteiger partial charge in [0.15, 0.2) is 0 Å². The molecule has 18 heavy (non-hydrogen) atoms. The predicted molar refractivity (Wildman–Crippen MR) is 72.9 cm³/mol. The fourth-order valence-electron chi connectivity index (χ4n) is 2.63. The third-order valence-corrected chi connectivity index (χ3v) is 4.41. The van der Waals surface area contributed by atoms with Crippen molar-refractivity contribution in [3.63, 3.8) is 0 Å². The first-order valence-corrected chi connectivity index (χ1v) is 6.87. The van der Waals surface area contributed by atoms with E-state index in [0.29, 0.717) is 5.41 Å². The molecule has 1 saturated carbocycles. The summed E-state index contributed by atoms with van der Waals surface area (Å²) in [6.07, 6.45) is 4.75. The normalized spacial score (nSPS) is 18.9. The summed E-state index contributed by atoms with van der Waals surface area (Å²) in [5, 5.41) is 6.39. The van der Waals surface area contributed by atoms with Crippen molar-refractivity contribution < 1.29 is 4.79 Å². The van der Waals surface area contributed by atoms with E-state index >= 15 is 0 Å². The number of benzene rings is 1. The van der Waals surface area contributed by atoms with Gasteiger partial charge in [-0.15, -0.1) is 0 Å². The number of rotatable bonds is 4. The zero-order valence-corrected chi connectivity index (χ0v) is 10.9. The van der Waals surface area contributed by atoms with Crippen LogP contribution in [0.3, 0.4) is 0 Å². The van der Waals surface area contributed by atoms with Crippen LogP contribution in [0.25, 0.3) is 0 Å². The van der Waals surface area contributed by atoms with Crippen LogP contribution in [0, 0.1) is 5.41 Å². The molecule has 3 rings (SSSR count). The predicted octanol–water partition coefficient (Wildman–Crippen LogP) is 2.57. The molecule has 3 nitrogen and oxygen atoms in total. The van der Waals surface area contributed by atoms with Crippen molar-refractivity contribution in [2.75, 3.05) is 18.4 Å². The fourth-order valence-corrected chi connectivity index (χ4v) is 2.63. The summed E-state index contributed by atoms with van der Waals surface area (Å²) >= 11 is 0. The monoisotopic (exact) mass is 244 g/mol. The molecule has 1 aliphatic heterocycles. The lowest BCUT2D eigenvalue weighted by Gasteiger charge is -2.13. The van der Waals surface area contributed by atoms with E-state index in [1.54, 1.807) is 0 Å². The summed E-state index contributed by atoms with van der Waals surface area (Å²) in [4.78, 5) is 12.1. The van der Waals surface area contributed by atoms with Crippen molar-refractivity contribution in [2.45, 2.75) is 32.6 Å². The summed E-state index contributed by atoms with van der Waals surface area (Å²) in [6.45, 7) is 4.02. The van der Waals surface area contributed by atoms with Gasteiger partial charge in [-0.05, 0) is 48.8 Å². The van der Waals surface area contributed by atoms with E-state index in [0.717, 1.165) is 30.8 Å². The highest BCUT2D eigenvalue weighted by atomic mass is 16.1. The molecule has 1 heterocycles. The van der Waals surface area contributed by atoms with Crippen LogP contribution in [0.4, 0.5) is 5.69 Å². The topological polar surface area (TPSA) is 41.1 Å². The first-order valence-electron chi connectivity index (χ1n) is 6.87. The summed E-state index contributed by atoms with van der Waals surface area (Å²) in [5.74, 6) is 0.0613. The molecule has 3 heteroatoms. The molecule has 0 radical (unpaired) electrons. The van der Waals surface area contributed by atoms with Crippen LogP contribution < -0.4 is 10.6 Å².